The van der Waals surface area contributed by atoms with Gasteiger partial charge in [0.25, 0.3) is 0 Å². The van der Waals surface area contributed by atoms with Gasteiger partial charge in [0, 0.05) is 0 Å². The van der Waals surface area contributed by atoms with Crippen LogP contribution in [0.2, 0.25) is 0 Å². The molecule has 1 rings (SSSR count). The van der Waals surface area contributed by atoms with Gasteiger partial charge in [-0.25, -0.2) is 5.84 Å². The van der Waals surface area contributed by atoms with Crippen LogP contribution >= 0.6 is 11.8 Å². The van der Waals surface area contributed by atoms with Crippen molar-refractivity contribution in [1.29, 1.82) is 0 Å². The van der Waals surface area contributed by atoms with Gasteiger partial charge in [0.2, 0.25) is 17.7 Å². The van der Waals surface area contributed by atoms with Crippen molar-refractivity contribution in [1.82, 2.24) is 15.4 Å². The normalized spacial score (nSPS) is 9.69. The van der Waals surface area contributed by atoms with Crippen LogP contribution in [0.5, 0.6) is 11.8 Å². The Morgan fingerprint density at radius 1 is 1.44 bits per heavy atom. The highest BCUT2D eigenvalue weighted by molar-refractivity contribution is 7.99. The molecule has 0 aliphatic rings. The largest absolute Gasteiger partial charge is 0.481 e. The Balaban J connectivity index is 2.74. The third kappa shape index (κ3) is 3.55. The lowest BCUT2D eigenvalue weighted by Gasteiger charge is -2.05. The van der Waals surface area contributed by atoms with Gasteiger partial charge in [0.15, 0.2) is 5.16 Å². The van der Waals surface area contributed by atoms with E-state index in [9.17, 15) is 4.79 Å². The van der Waals surface area contributed by atoms with Crippen molar-refractivity contribution in [2.45, 2.75) is 5.16 Å². The lowest BCUT2D eigenvalue weighted by atomic mass is 10.6. The van der Waals surface area contributed by atoms with E-state index in [1.54, 1.807) is 6.07 Å². The molecule has 0 radical (unpaired) electrons. The lowest BCUT2D eigenvalue weighted by molar-refractivity contribution is -0.118. The van der Waals surface area contributed by atoms with E-state index >= 15 is 0 Å². The summed E-state index contributed by atoms with van der Waals surface area (Å²) in [4.78, 5) is 19.0. The van der Waals surface area contributed by atoms with E-state index in [0.717, 1.165) is 11.8 Å². The highest BCUT2D eigenvalue weighted by Crippen LogP contribution is 2.21. The number of carbonyl (C=O) groups excluding carboxylic acids is 1. The summed E-state index contributed by atoms with van der Waals surface area (Å²) in [5.74, 6) is 5.52. The summed E-state index contributed by atoms with van der Waals surface area (Å²) in [5.41, 5.74) is 2.01. The summed E-state index contributed by atoms with van der Waals surface area (Å²) in [6.07, 6.45) is 0. The number of nitrogens with one attached hydrogen (secondary N) is 1. The molecule has 0 unspecified atom stereocenters. The van der Waals surface area contributed by atoms with E-state index in [0.29, 0.717) is 16.9 Å². The highest BCUT2D eigenvalue weighted by Gasteiger charge is 2.07. The molecule has 8 heteroatoms. The van der Waals surface area contributed by atoms with Crippen LogP contribution in [0.1, 0.15) is 0 Å². The minimum Gasteiger partial charge on any atom is -0.481 e. The standard InChI is InChI=1S/C8H12N4O3S/c1-14-6-3-7(15-2)11-8(10-6)16-4-5(13)12-9/h3H,4,9H2,1-2H3,(H,12,13). The van der Waals surface area contributed by atoms with Crippen LogP contribution < -0.4 is 20.7 Å². The number of rotatable bonds is 5. The number of thioether (sulfide) groups is 1. The molecule has 0 spiro atoms. The van der Waals surface area contributed by atoms with Crippen molar-refractivity contribution in [3.63, 3.8) is 0 Å². The van der Waals surface area contributed by atoms with Gasteiger partial charge < -0.3 is 9.47 Å². The Morgan fingerprint density at radius 2 is 2.00 bits per heavy atom. The average Bonchev–Trinajstić information content (AvgIpc) is 2.35. The van der Waals surface area contributed by atoms with Gasteiger partial charge in [-0.3, -0.25) is 10.2 Å². The van der Waals surface area contributed by atoms with Gasteiger partial charge in [0.05, 0.1) is 26.0 Å². The first-order valence-electron chi connectivity index (χ1n) is 4.29. The zero-order valence-corrected chi connectivity index (χ0v) is 9.71. The fourth-order valence-corrected chi connectivity index (χ4v) is 1.48. The molecule has 0 saturated carbocycles. The summed E-state index contributed by atoms with van der Waals surface area (Å²) in [6.45, 7) is 0. The third-order valence-corrected chi connectivity index (χ3v) is 2.42. The maximum absolute atomic E-state index is 10.9. The number of aromatic nitrogens is 2. The number of methoxy groups -OCH3 is 2. The zero-order chi connectivity index (χ0) is 12.0. The molecule has 0 aliphatic carbocycles. The molecule has 0 saturated heterocycles. The molecule has 0 atom stereocenters. The first-order chi connectivity index (χ1) is 7.69. The number of nitrogens with zero attached hydrogens (tertiary/aromatic N) is 2. The maximum atomic E-state index is 10.9. The van der Waals surface area contributed by atoms with Gasteiger partial charge in [-0.2, -0.15) is 9.97 Å². The molecule has 0 aromatic carbocycles. The first-order valence-corrected chi connectivity index (χ1v) is 5.27. The van der Waals surface area contributed by atoms with E-state index in [2.05, 4.69) is 9.97 Å². The van der Waals surface area contributed by atoms with Crippen molar-refractivity contribution in [2.75, 3.05) is 20.0 Å². The molecular weight excluding hydrogens is 232 g/mol. The Labute approximate surface area is 96.7 Å². The Hall–Kier alpha value is -1.54. The van der Waals surface area contributed by atoms with E-state index < -0.39 is 0 Å². The number of nitrogens with two attached hydrogens (primary N) is 1. The highest BCUT2D eigenvalue weighted by atomic mass is 32.2. The lowest BCUT2D eigenvalue weighted by Crippen LogP contribution is -2.31. The van der Waals surface area contributed by atoms with Crippen LogP contribution in [0.4, 0.5) is 0 Å². The molecule has 0 bridgehead atoms. The Kier molecular flexibility index (Phi) is 4.80. The van der Waals surface area contributed by atoms with Crippen molar-refractivity contribution in [3.05, 3.63) is 6.07 Å². The molecule has 1 aromatic heterocycles. The van der Waals surface area contributed by atoms with Crippen LogP contribution in [0.15, 0.2) is 11.2 Å². The third-order valence-electron chi connectivity index (χ3n) is 1.57. The van der Waals surface area contributed by atoms with Crippen LogP contribution in [0, 0.1) is 0 Å². The fourth-order valence-electron chi connectivity index (χ4n) is 0.829. The van der Waals surface area contributed by atoms with E-state index in [4.69, 9.17) is 15.3 Å². The number of hydrogen-bond acceptors (Lipinski definition) is 7. The summed E-state index contributed by atoms with van der Waals surface area (Å²) < 4.78 is 9.92. The second-order valence-electron chi connectivity index (χ2n) is 2.59. The van der Waals surface area contributed by atoms with Crippen molar-refractivity contribution in [2.24, 2.45) is 5.84 Å². The second kappa shape index (κ2) is 6.13. The van der Waals surface area contributed by atoms with Crippen LogP contribution in [-0.2, 0) is 4.79 Å². The predicted molar refractivity (Wildman–Crippen MR) is 58.2 cm³/mol. The van der Waals surface area contributed by atoms with Crippen molar-refractivity contribution in [3.8, 4) is 11.8 Å². The van der Waals surface area contributed by atoms with Gasteiger partial charge in [-0.1, -0.05) is 11.8 Å². The summed E-state index contributed by atoms with van der Waals surface area (Å²) in [7, 11) is 2.98. The van der Waals surface area contributed by atoms with Gasteiger partial charge in [-0.15, -0.1) is 0 Å². The van der Waals surface area contributed by atoms with Crippen LogP contribution in [-0.4, -0.2) is 35.8 Å². The first kappa shape index (κ1) is 12.5. The number of ether oxygens (including phenoxy) is 2. The topological polar surface area (TPSA) is 99.4 Å². The number of hydrogen-bond donors (Lipinski definition) is 2. The summed E-state index contributed by atoms with van der Waals surface area (Å²) >= 11 is 1.14. The Morgan fingerprint density at radius 3 is 2.44 bits per heavy atom. The molecule has 7 nitrogen and oxygen atoms in total. The van der Waals surface area contributed by atoms with Crippen molar-refractivity contribution >= 4 is 17.7 Å². The van der Waals surface area contributed by atoms with Crippen molar-refractivity contribution < 1.29 is 14.3 Å². The van der Waals surface area contributed by atoms with E-state index in [1.807, 2.05) is 5.43 Å². The molecule has 0 aliphatic heterocycles. The molecule has 16 heavy (non-hydrogen) atoms. The minimum absolute atomic E-state index is 0.132. The summed E-state index contributed by atoms with van der Waals surface area (Å²) in [6, 6.07) is 1.55. The monoisotopic (exact) mass is 244 g/mol. The average molecular weight is 244 g/mol. The molecular formula is C8H12N4O3S. The SMILES string of the molecule is COc1cc(OC)nc(SCC(=O)NN)n1. The molecule has 88 valence electrons. The smallest absolute Gasteiger partial charge is 0.244 e. The summed E-state index contributed by atoms with van der Waals surface area (Å²) in [5, 5.41) is 0.389. The van der Waals surface area contributed by atoms with Crippen LogP contribution in [0.25, 0.3) is 0 Å². The quantitative estimate of drug-likeness (QED) is 0.238. The molecule has 0 fully saturated rings. The maximum Gasteiger partial charge on any atom is 0.244 e. The fraction of sp³-hybridized carbons (Fsp3) is 0.375. The second-order valence-corrected chi connectivity index (χ2v) is 3.53. The zero-order valence-electron chi connectivity index (χ0n) is 8.89. The van der Waals surface area contributed by atoms with Gasteiger partial charge in [-0.05, 0) is 0 Å². The van der Waals surface area contributed by atoms with Crippen LogP contribution in [0.3, 0.4) is 0 Å². The Bertz CT molecular complexity index is 352. The molecule has 1 aromatic rings. The number of hydrazine groups is 1. The van der Waals surface area contributed by atoms with E-state index in [-0.39, 0.29) is 11.7 Å². The predicted octanol–water partition coefficient (Wildman–Crippen LogP) is -0.424. The molecule has 1 amide bonds. The van der Waals surface area contributed by atoms with E-state index in [1.165, 1.54) is 14.2 Å². The number of carbonyl (C=O) groups is 1. The van der Waals surface area contributed by atoms with Gasteiger partial charge in [0.1, 0.15) is 0 Å². The number of amides is 1. The van der Waals surface area contributed by atoms with Gasteiger partial charge >= 0.3 is 0 Å². The minimum atomic E-state index is -0.310. The molecule has 1 heterocycles. The molecule has 3 N–H and O–H groups in total.